The molecule has 2 aromatic heterocycles. The minimum atomic E-state index is -4.48. The molecule has 0 aliphatic carbocycles. The van der Waals surface area contributed by atoms with Gasteiger partial charge in [-0.1, -0.05) is 23.7 Å². The minimum Gasteiger partial charge on any atom is -0.322 e. The molecule has 3 rings (SSSR count). The number of nitrogens with zero attached hydrogens (tertiary/aromatic N) is 5. The average molecular weight is 383 g/mol. The molecule has 2 heterocycles. The van der Waals surface area contributed by atoms with E-state index in [4.69, 9.17) is 11.6 Å². The number of carbonyl (C=O) groups excluding carboxylic acids is 1. The lowest BCUT2D eigenvalue weighted by Crippen LogP contribution is -2.20. The highest BCUT2D eigenvalue weighted by atomic mass is 35.5. The van der Waals surface area contributed by atoms with Crippen LogP contribution in [0.5, 0.6) is 0 Å². The van der Waals surface area contributed by atoms with Crippen LogP contribution in [0.1, 0.15) is 5.56 Å². The number of pyridine rings is 1. The van der Waals surface area contributed by atoms with Gasteiger partial charge in [-0.05, 0) is 29.5 Å². The zero-order valence-corrected chi connectivity index (χ0v) is 13.7. The van der Waals surface area contributed by atoms with Crippen molar-refractivity contribution in [1.29, 1.82) is 0 Å². The third kappa shape index (κ3) is 4.14. The van der Waals surface area contributed by atoms with Gasteiger partial charge < -0.3 is 5.32 Å². The Hall–Kier alpha value is -3.01. The van der Waals surface area contributed by atoms with Crippen LogP contribution in [0, 0.1) is 0 Å². The van der Waals surface area contributed by atoms with E-state index < -0.39 is 17.6 Å². The molecule has 1 aromatic carbocycles. The molecule has 0 unspecified atom stereocenters. The molecule has 0 saturated carbocycles. The second-order valence-electron chi connectivity index (χ2n) is 5.11. The van der Waals surface area contributed by atoms with Gasteiger partial charge in [0, 0.05) is 11.8 Å². The summed E-state index contributed by atoms with van der Waals surface area (Å²) in [6.45, 7) is -0.294. The summed E-state index contributed by atoms with van der Waals surface area (Å²) in [5.41, 5.74) is -0.366. The molecule has 0 aliphatic rings. The number of carbonyl (C=O) groups is 1. The molecule has 7 nitrogen and oxygen atoms in total. The molecule has 1 N–H and O–H groups in total. The van der Waals surface area contributed by atoms with Crippen LogP contribution in [0.4, 0.5) is 18.9 Å². The average Bonchev–Trinajstić information content (AvgIpc) is 3.05. The standard InChI is InChI=1S/C15H10ClF3N6O/c16-13-11(5-2-6-20-13)21-12(26)8-25-23-14(22-24-25)9-3-1-4-10(7-9)15(17,18)19/h1-7H,8H2,(H,21,26). The molecule has 11 heteroatoms. The zero-order chi connectivity index (χ0) is 18.7. The Labute approximate surface area is 149 Å². The Balaban J connectivity index is 1.72. The van der Waals surface area contributed by atoms with Crippen molar-refractivity contribution in [3.05, 3.63) is 53.3 Å². The van der Waals surface area contributed by atoms with Gasteiger partial charge in [-0.3, -0.25) is 4.79 Å². The Morgan fingerprint density at radius 2 is 2.04 bits per heavy atom. The summed E-state index contributed by atoms with van der Waals surface area (Å²) in [6.07, 6.45) is -3.01. The number of anilines is 1. The van der Waals surface area contributed by atoms with Crippen molar-refractivity contribution in [3.8, 4) is 11.4 Å². The third-order valence-corrected chi connectivity index (χ3v) is 3.52. The van der Waals surface area contributed by atoms with Gasteiger partial charge in [-0.15, -0.1) is 10.2 Å². The summed E-state index contributed by atoms with van der Waals surface area (Å²) in [6, 6.07) is 7.69. The van der Waals surface area contributed by atoms with Crippen LogP contribution in [-0.4, -0.2) is 31.1 Å². The number of alkyl halides is 3. The van der Waals surface area contributed by atoms with Crippen LogP contribution < -0.4 is 5.32 Å². The Bertz CT molecular complexity index is 943. The molecule has 0 atom stereocenters. The van der Waals surface area contributed by atoms with Crippen molar-refractivity contribution in [3.63, 3.8) is 0 Å². The molecule has 0 saturated heterocycles. The first kappa shape index (κ1) is 17.8. The number of amides is 1. The summed E-state index contributed by atoms with van der Waals surface area (Å²) >= 11 is 5.84. The largest absolute Gasteiger partial charge is 0.416 e. The summed E-state index contributed by atoms with van der Waals surface area (Å²) in [7, 11) is 0. The number of aromatic nitrogens is 5. The second-order valence-corrected chi connectivity index (χ2v) is 5.47. The lowest BCUT2D eigenvalue weighted by molar-refractivity contribution is -0.137. The molecule has 0 radical (unpaired) electrons. The van der Waals surface area contributed by atoms with Gasteiger partial charge in [0.2, 0.25) is 11.7 Å². The van der Waals surface area contributed by atoms with E-state index in [9.17, 15) is 18.0 Å². The fourth-order valence-corrected chi connectivity index (χ4v) is 2.22. The van der Waals surface area contributed by atoms with Gasteiger partial charge in [-0.2, -0.15) is 18.0 Å². The lowest BCUT2D eigenvalue weighted by Gasteiger charge is -2.06. The SMILES string of the molecule is O=C(Cn1nnc(-c2cccc(C(F)(F)F)c2)n1)Nc1cccnc1Cl. The number of rotatable bonds is 4. The van der Waals surface area contributed by atoms with Gasteiger partial charge in [0.25, 0.3) is 0 Å². The molecule has 0 fully saturated rings. The van der Waals surface area contributed by atoms with Crippen LogP contribution in [0.2, 0.25) is 5.15 Å². The van der Waals surface area contributed by atoms with Crippen molar-refractivity contribution < 1.29 is 18.0 Å². The maximum atomic E-state index is 12.8. The first-order valence-electron chi connectivity index (χ1n) is 7.19. The normalized spacial score (nSPS) is 11.4. The van der Waals surface area contributed by atoms with Crippen molar-refractivity contribution in [2.45, 2.75) is 12.7 Å². The van der Waals surface area contributed by atoms with Crippen LogP contribution in [0.3, 0.4) is 0 Å². The number of hydrogen-bond donors (Lipinski definition) is 1. The summed E-state index contributed by atoms with van der Waals surface area (Å²) in [4.78, 5) is 16.8. The first-order valence-corrected chi connectivity index (χ1v) is 7.56. The van der Waals surface area contributed by atoms with E-state index in [1.807, 2.05) is 0 Å². The topological polar surface area (TPSA) is 85.6 Å². The zero-order valence-electron chi connectivity index (χ0n) is 12.9. The fourth-order valence-electron chi connectivity index (χ4n) is 2.06. The molecular formula is C15H10ClF3N6O. The third-order valence-electron chi connectivity index (χ3n) is 3.22. The first-order chi connectivity index (χ1) is 12.3. The van der Waals surface area contributed by atoms with Gasteiger partial charge in [0.05, 0.1) is 11.3 Å². The van der Waals surface area contributed by atoms with Gasteiger partial charge in [0.15, 0.2) is 5.15 Å². The molecule has 0 bridgehead atoms. The maximum Gasteiger partial charge on any atom is 0.416 e. The predicted molar refractivity (Wildman–Crippen MR) is 86.1 cm³/mol. The summed E-state index contributed by atoms with van der Waals surface area (Å²) in [5.74, 6) is -0.517. The number of halogens is 4. The number of nitrogens with one attached hydrogen (secondary N) is 1. The van der Waals surface area contributed by atoms with E-state index in [0.29, 0.717) is 5.69 Å². The van der Waals surface area contributed by atoms with E-state index in [-0.39, 0.29) is 23.1 Å². The maximum absolute atomic E-state index is 12.8. The van der Waals surface area contributed by atoms with Crippen molar-refractivity contribution in [2.75, 3.05) is 5.32 Å². The lowest BCUT2D eigenvalue weighted by atomic mass is 10.1. The predicted octanol–water partition coefficient (Wildman–Crippen LogP) is 3.05. The summed E-state index contributed by atoms with van der Waals surface area (Å²) in [5, 5.41) is 13.9. The summed E-state index contributed by atoms with van der Waals surface area (Å²) < 4.78 is 38.3. The highest BCUT2D eigenvalue weighted by molar-refractivity contribution is 6.32. The number of tetrazole rings is 1. The molecular weight excluding hydrogens is 373 g/mol. The molecule has 134 valence electrons. The molecule has 3 aromatic rings. The minimum absolute atomic E-state index is 0.0247. The van der Waals surface area contributed by atoms with Crippen molar-refractivity contribution in [2.24, 2.45) is 0 Å². The van der Waals surface area contributed by atoms with E-state index in [1.165, 1.54) is 18.3 Å². The molecule has 0 spiro atoms. The monoisotopic (exact) mass is 382 g/mol. The highest BCUT2D eigenvalue weighted by Gasteiger charge is 2.30. The number of hydrogen-bond acceptors (Lipinski definition) is 5. The Morgan fingerprint density at radius 1 is 1.23 bits per heavy atom. The Morgan fingerprint density at radius 3 is 2.77 bits per heavy atom. The van der Waals surface area contributed by atoms with Crippen LogP contribution >= 0.6 is 11.6 Å². The van der Waals surface area contributed by atoms with Crippen LogP contribution in [0.25, 0.3) is 11.4 Å². The van der Waals surface area contributed by atoms with E-state index in [0.717, 1.165) is 16.9 Å². The van der Waals surface area contributed by atoms with E-state index in [2.05, 4.69) is 25.7 Å². The number of benzene rings is 1. The molecule has 26 heavy (non-hydrogen) atoms. The molecule has 1 amide bonds. The smallest absolute Gasteiger partial charge is 0.322 e. The highest BCUT2D eigenvalue weighted by Crippen LogP contribution is 2.31. The van der Waals surface area contributed by atoms with Crippen LogP contribution in [0.15, 0.2) is 42.6 Å². The van der Waals surface area contributed by atoms with E-state index >= 15 is 0 Å². The van der Waals surface area contributed by atoms with E-state index in [1.54, 1.807) is 12.1 Å². The van der Waals surface area contributed by atoms with Gasteiger partial charge in [0.1, 0.15) is 6.54 Å². The fraction of sp³-hybridized carbons (Fsp3) is 0.133. The Kier molecular flexibility index (Phi) is 4.85. The second kappa shape index (κ2) is 7.08. The van der Waals surface area contributed by atoms with Gasteiger partial charge in [-0.25, -0.2) is 4.98 Å². The van der Waals surface area contributed by atoms with Crippen molar-refractivity contribution >= 4 is 23.2 Å². The van der Waals surface area contributed by atoms with Crippen LogP contribution in [-0.2, 0) is 17.5 Å². The quantitative estimate of drug-likeness (QED) is 0.701. The molecule has 0 aliphatic heterocycles. The van der Waals surface area contributed by atoms with Gasteiger partial charge >= 0.3 is 6.18 Å². The van der Waals surface area contributed by atoms with Crippen molar-refractivity contribution in [1.82, 2.24) is 25.2 Å².